The molecule has 154 valence electrons. The highest BCUT2D eigenvalue weighted by Crippen LogP contribution is 2.30. The van der Waals surface area contributed by atoms with Crippen molar-refractivity contribution < 1.29 is 4.74 Å². The van der Waals surface area contributed by atoms with Crippen LogP contribution in [0, 0.1) is 13.8 Å². The number of nitrogens with zero attached hydrogens (tertiary/aromatic N) is 4. The number of benzene rings is 2. The van der Waals surface area contributed by atoms with Crippen LogP contribution in [0.5, 0.6) is 5.75 Å². The molecule has 1 atom stereocenters. The molecule has 3 N–H and O–H groups in total. The second-order valence-electron chi connectivity index (χ2n) is 7.20. The molecule has 0 saturated carbocycles. The largest absolute Gasteiger partial charge is 0.486 e. The molecule has 0 amide bonds. The Kier molecular flexibility index (Phi) is 5.63. The van der Waals surface area contributed by atoms with Gasteiger partial charge in [0.1, 0.15) is 17.4 Å². The van der Waals surface area contributed by atoms with Gasteiger partial charge in [0.15, 0.2) is 5.82 Å². The number of fused-ring (bicyclic) bond motifs is 1. The van der Waals surface area contributed by atoms with Crippen molar-refractivity contribution >= 4 is 16.7 Å². The van der Waals surface area contributed by atoms with E-state index in [2.05, 4.69) is 27.6 Å². The highest BCUT2D eigenvalue weighted by molar-refractivity contribution is 5.91. The van der Waals surface area contributed by atoms with Crippen LogP contribution in [-0.4, -0.2) is 33.6 Å². The zero-order valence-electron chi connectivity index (χ0n) is 17.5. The van der Waals surface area contributed by atoms with E-state index in [0.29, 0.717) is 12.4 Å². The number of hydrogen-bond acceptors (Lipinski definition) is 6. The molecule has 0 bridgehead atoms. The van der Waals surface area contributed by atoms with E-state index in [9.17, 15) is 0 Å². The molecular weight excluding hydrogens is 376 g/mol. The van der Waals surface area contributed by atoms with E-state index in [-0.39, 0.29) is 6.10 Å². The maximum absolute atomic E-state index is 6.33. The molecular formula is C23H26N6O. The summed E-state index contributed by atoms with van der Waals surface area (Å²) in [4.78, 5) is 0. The van der Waals surface area contributed by atoms with Crippen LogP contribution in [0.1, 0.15) is 29.5 Å². The molecule has 0 aliphatic carbocycles. The molecule has 0 fully saturated rings. The Hall–Kier alpha value is -3.45. The summed E-state index contributed by atoms with van der Waals surface area (Å²) in [6, 6.07) is 18.1. The average Bonchev–Trinajstić information content (AvgIpc) is 3.13. The first-order valence-electron chi connectivity index (χ1n) is 10.0. The van der Waals surface area contributed by atoms with Gasteiger partial charge < -0.3 is 15.8 Å². The molecule has 0 spiro atoms. The number of aromatic nitrogens is 4. The maximum Gasteiger partial charge on any atom is 0.176 e. The Morgan fingerprint density at radius 2 is 1.87 bits per heavy atom. The summed E-state index contributed by atoms with van der Waals surface area (Å²) in [6.07, 6.45) is 0.636. The molecule has 2 aromatic carbocycles. The summed E-state index contributed by atoms with van der Waals surface area (Å²) in [7, 11) is 1.82. The van der Waals surface area contributed by atoms with Crippen molar-refractivity contribution in [2.75, 3.05) is 18.9 Å². The van der Waals surface area contributed by atoms with Crippen LogP contribution in [0.15, 0.2) is 54.6 Å². The van der Waals surface area contributed by atoms with Gasteiger partial charge in [-0.3, -0.25) is 0 Å². The van der Waals surface area contributed by atoms with Crippen molar-refractivity contribution in [3.8, 4) is 11.4 Å². The zero-order valence-corrected chi connectivity index (χ0v) is 17.5. The number of nitrogens with two attached hydrogens (primary N) is 1. The molecule has 0 radical (unpaired) electrons. The molecule has 1 unspecified atom stereocenters. The van der Waals surface area contributed by atoms with Gasteiger partial charge in [-0.15, -0.1) is 5.10 Å². The lowest BCUT2D eigenvalue weighted by Gasteiger charge is -2.19. The van der Waals surface area contributed by atoms with Gasteiger partial charge in [-0.05, 0) is 38.1 Å². The monoisotopic (exact) mass is 402 g/mol. The molecule has 2 heterocycles. The third-order valence-electron chi connectivity index (χ3n) is 5.18. The standard InChI is InChI=1S/C23H26N6O/c1-15-21-16(2)29(28-22(21)23(25-3)27-26-15)18-10-7-11-19(14-18)30-20(12-13-24)17-8-5-4-6-9-17/h4-11,14,20H,12-13,24H2,1-3H3,(H,25,27). The van der Waals surface area contributed by atoms with E-state index in [1.165, 1.54) is 0 Å². The van der Waals surface area contributed by atoms with Crippen LogP contribution in [0.2, 0.25) is 0 Å². The summed E-state index contributed by atoms with van der Waals surface area (Å²) in [5, 5.41) is 17.3. The number of nitrogens with one attached hydrogen (secondary N) is 1. The minimum Gasteiger partial charge on any atom is -0.486 e. The van der Waals surface area contributed by atoms with Crippen LogP contribution in [-0.2, 0) is 0 Å². The topological polar surface area (TPSA) is 90.9 Å². The Labute approximate surface area is 175 Å². The SMILES string of the molecule is CNc1nnc(C)c2c(C)n(-c3cccc(OC(CCN)c4ccccc4)c3)nc12. The number of anilines is 1. The average molecular weight is 403 g/mol. The van der Waals surface area contributed by atoms with Gasteiger partial charge in [-0.25, -0.2) is 4.68 Å². The summed E-state index contributed by atoms with van der Waals surface area (Å²) >= 11 is 0. The summed E-state index contributed by atoms with van der Waals surface area (Å²) in [5.41, 5.74) is 10.5. The fourth-order valence-corrected chi connectivity index (χ4v) is 3.71. The van der Waals surface area contributed by atoms with Crippen molar-refractivity contribution in [2.45, 2.75) is 26.4 Å². The van der Waals surface area contributed by atoms with Crippen molar-refractivity contribution in [3.05, 3.63) is 71.5 Å². The van der Waals surface area contributed by atoms with Gasteiger partial charge in [-0.1, -0.05) is 36.4 Å². The Balaban J connectivity index is 1.72. The molecule has 30 heavy (non-hydrogen) atoms. The van der Waals surface area contributed by atoms with E-state index < -0.39 is 0 Å². The van der Waals surface area contributed by atoms with E-state index in [0.717, 1.165) is 45.7 Å². The third-order valence-corrected chi connectivity index (χ3v) is 5.18. The summed E-state index contributed by atoms with van der Waals surface area (Å²) in [5.74, 6) is 1.44. The molecule has 0 aliphatic rings. The van der Waals surface area contributed by atoms with Gasteiger partial charge in [0.2, 0.25) is 0 Å². The number of ether oxygens (including phenoxy) is 1. The van der Waals surface area contributed by atoms with E-state index in [4.69, 9.17) is 15.6 Å². The van der Waals surface area contributed by atoms with Gasteiger partial charge in [0.25, 0.3) is 0 Å². The molecule has 2 aromatic heterocycles. The van der Waals surface area contributed by atoms with Crippen molar-refractivity contribution in [2.24, 2.45) is 5.73 Å². The van der Waals surface area contributed by atoms with Crippen molar-refractivity contribution in [3.63, 3.8) is 0 Å². The molecule has 0 saturated heterocycles. The highest BCUT2D eigenvalue weighted by atomic mass is 16.5. The second-order valence-corrected chi connectivity index (χ2v) is 7.20. The van der Waals surface area contributed by atoms with Gasteiger partial charge >= 0.3 is 0 Å². The predicted octanol–water partition coefficient (Wildman–Crippen LogP) is 3.94. The first kappa shape index (κ1) is 19.8. The lowest BCUT2D eigenvalue weighted by molar-refractivity contribution is 0.198. The molecule has 4 rings (SSSR count). The normalized spacial score (nSPS) is 12.1. The lowest BCUT2D eigenvalue weighted by Crippen LogP contribution is -2.13. The fraction of sp³-hybridized carbons (Fsp3) is 0.261. The smallest absolute Gasteiger partial charge is 0.176 e. The van der Waals surface area contributed by atoms with Crippen LogP contribution < -0.4 is 15.8 Å². The third kappa shape index (κ3) is 3.71. The van der Waals surface area contributed by atoms with Crippen molar-refractivity contribution in [1.82, 2.24) is 20.0 Å². The molecule has 4 aromatic rings. The van der Waals surface area contributed by atoms with Crippen molar-refractivity contribution in [1.29, 1.82) is 0 Å². The molecule has 0 aliphatic heterocycles. The van der Waals surface area contributed by atoms with Crippen LogP contribution in [0.25, 0.3) is 16.6 Å². The number of aryl methyl sites for hydroxylation is 2. The summed E-state index contributed by atoms with van der Waals surface area (Å²) in [6.45, 7) is 4.54. The van der Waals surface area contributed by atoms with Crippen LogP contribution >= 0.6 is 0 Å². The molecule has 7 heteroatoms. The maximum atomic E-state index is 6.33. The molecule has 7 nitrogen and oxygen atoms in total. The number of rotatable bonds is 7. The first-order chi connectivity index (χ1) is 14.6. The zero-order chi connectivity index (χ0) is 21.1. The van der Waals surface area contributed by atoms with Gasteiger partial charge in [0, 0.05) is 19.5 Å². The Morgan fingerprint density at radius 1 is 1.07 bits per heavy atom. The fourth-order valence-electron chi connectivity index (χ4n) is 3.71. The minimum atomic E-state index is -0.101. The Morgan fingerprint density at radius 3 is 2.60 bits per heavy atom. The lowest BCUT2D eigenvalue weighted by atomic mass is 10.1. The summed E-state index contributed by atoms with van der Waals surface area (Å²) < 4.78 is 8.24. The second kappa shape index (κ2) is 8.51. The van der Waals surface area contributed by atoms with Crippen LogP contribution in [0.3, 0.4) is 0 Å². The Bertz CT molecular complexity index is 1160. The van der Waals surface area contributed by atoms with Gasteiger partial charge in [0.05, 0.1) is 22.5 Å². The van der Waals surface area contributed by atoms with E-state index >= 15 is 0 Å². The number of hydrogen-bond donors (Lipinski definition) is 2. The van der Waals surface area contributed by atoms with Gasteiger partial charge in [-0.2, -0.15) is 10.2 Å². The minimum absolute atomic E-state index is 0.101. The van der Waals surface area contributed by atoms with E-state index in [1.54, 1.807) is 0 Å². The first-order valence-corrected chi connectivity index (χ1v) is 10.0. The van der Waals surface area contributed by atoms with Crippen LogP contribution in [0.4, 0.5) is 5.82 Å². The highest BCUT2D eigenvalue weighted by Gasteiger charge is 2.17. The van der Waals surface area contributed by atoms with E-state index in [1.807, 2.05) is 68.0 Å². The predicted molar refractivity (Wildman–Crippen MR) is 119 cm³/mol. The quantitative estimate of drug-likeness (QED) is 0.486.